The summed E-state index contributed by atoms with van der Waals surface area (Å²) in [6.07, 6.45) is 1.70. The van der Waals surface area contributed by atoms with Crippen molar-refractivity contribution in [1.29, 1.82) is 0 Å². The van der Waals surface area contributed by atoms with E-state index >= 15 is 0 Å². The number of amides is 1. The first kappa shape index (κ1) is 18.8. The Labute approximate surface area is 151 Å². The van der Waals surface area contributed by atoms with Crippen LogP contribution in [0.1, 0.15) is 31.2 Å². The second-order valence-corrected chi connectivity index (χ2v) is 7.08. The van der Waals surface area contributed by atoms with Gasteiger partial charge in [-0.15, -0.1) is 0 Å². The summed E-state index contributed by atoms with van der Waals surface area (Å²) in [5.41, 5.74) is -1.09. The van der Waals surface area contributed by atoms with Gasteiger partial charge in [0.25, 0.3) is 0 Å². The number of carbonyl (C=O) groups excluding carboxylic acids is 1. The van der Waals surface area contributed by atoms with Crippen LogP contribution in [-0.4, -0.2) is 50.0 Å². The molecule has 1 aromatic rings. The molecule has 0 unspecified atom stereocenters. The number of carbonyl (C=O) groups is 2. The van der Waals surface area contributed by atoms with Crippen molar-refractivity contribution in [3.05, 3.63) is 35.6 Å². The number of carboxylic acid groups (broad SMARTS) is 1. The third-order valence-electron chi connectivity index (χ3n) is 5.67. The summed E-state index contributed by atoms with van der Waals surface area (Å²) in [5.74, 6) is -1.49. The van der Waals surface area contributed by atoms with Crippen LogP contribution in [0.2, 0.25) is 0 Å². The van der Waals surface area contributed by atoms with Crippen molar-refractivity contribution in [1.82, 2.24) is 5.32 Å². The van der Waals surface area contributed by atoms with E-state index < -0.39 is 16.8 Å². The van der Waals surface area contributed by atoms with Gasteiger partial charge in [0.1, 0.15) is 5.82 Å². The number of ether oxygens (including phenoxy) is 2. The minimum Gasteiger partial charge on any atom is -0.481 e. The lowest BCUT2D eigenvalue weighted by atomic mass is 9.72. The van der Waals surface area contributed by atoms with E-state index in [2.05, 4.69) is 5.32 Å². The molecule has 2 heterocycles. The van der Waals surface area contributed by atoms with Crippen LogP contribution in [0.25, 0.3) is 0 Å². The summed E-state index contributed by atoms with van der Waals surface area (Å²) < 4.78 is 24.0. The van der Waals surface area contributed by atoms with Gasteiger partial charge in [0.05, 0.1) is 10.8 Å². The summed E-state index contributed by atoms with van der Waals surface area (Å²) in [7, 11) is 0. The van der Waals surface area contributed by atoms with Gasteiger partial charge in [-0.2, -0.15) is 0 Å². The fourth-order valence-corrected chi connectivity index (χ4v) is 3.78. The van der Waals surface area contributed by atoms with Gasteiger partial charge >= 0.3 is 5.97 Å². The van der Waals surface area contributed by atoms with Crippen LogP contribution in [0.3, 0.4) is 0 Å². The number of hydrogen-bond donors (Lipinski definition) is 2. The van der Waals surface area contributed by atoms with Gasteiger partial charge in [-0.25, -0.2) is 4.39 Å². The van der Waals surface area contributed by atoms with Crippen molar-refractivity contribution in [3.63, 3.8) is 0 Å². The van der Waals surface area contributed by atoms with Gasteiger partial charge in [0.2, 0.25) is 5.91 Å². The highest BCUT2D eigenvalue weighted by atomic mass is 19.1. The van der Waals surface area contributed by atoms with E-state index in [0.717, 1.165) is 5.56 Å². The quantitative estimate of drug-likeness (QED) is 0.832. The molecule has 3 rings (SSSR count). The van der Waals surface area contributed by atoms with Crippen LogP contribution < -0.4 is 5.32 Å². The van der Waals surface area contributed by atoms with E-state index in [1.807, 2.05) is 0 Å². The number of carboxylic acids is 1. The van der Waals surface area contributed by atoms with Crippen molar-refractivity contribution in [2.75, 3.05) is 33.0 Å². The van der Waals surface area contributed by atoms with E-state index in [4.69, 9.17) is 9.47 Å². The molecule has 26 heavy (non-hydrogen) atoms. The van der Waals surface area contributed by atoms with Crippen LogP contribution >= 0.6 is 0 Å². The van der Waals surface area contributed by atoms with E-state index in [9.17, 15) is 19.1 Å². The number of rotatable bonds is 5. The van der Waals surface area contributed by atoms with Crippen molar-refractivity contribution < 1.29 is 28.6 Å². The maximum Gasteiger partial charge on any atom is 0.311 e. The van der Waals surface area contributed by atoms with Gasteiger partial charge in [-0.1, -0.05) is 12.1 Å². The zero-order chi connectivity index (χ0) is 18.6. The zero-order valence-electron chi connectivity index (χ0n) is 14.6. The SMILES string of the molecule is O=C(O)C1(CNC(=O)C2(c3ccc(F)cc3)CCOCC2)CCOCC1. The van der Waals surface area contributed by atoms with E-state index in [1.165, 1.54) is 12.1 Å². The van der Waals surface area contributed by atoms with Gasteiger partial charge in [-0.05, 0) is 43.4 Å². The predicted octanol–water partition coefficient (Wildman–Crippen LogP) is 1.87. The number of hydrogen-bond acceptors (Lipinski definition) is 4. The molecule has 0 atom stereocenters. The third-order valence-corrected chi connectivity index (χ3v) is 5.67. The average Bonchev–Trinajstić information content (AvgIpc) is 2.67. The highest BCUT2D eigenvalue weighted by Gasteiger charge is 2.45. The lowest BCUT2D eigenvalue weighted by Gasteiger charge is -2.38. The summed E-state index contributed by atoms with van der Waals surface area (Å²) in [5, 5.41) is 12.5. The molecule has 6 nitrogen and oxygen atoms in total. The summed E-state index contributed by atoms with van der Waals surface area (Å²) in [4.78, 5) is 24.9. The lowest BCUT2D eigenvalue weighted by Crippen LogP contribution is -2.53. The minimum atomic E-state index is -0.997. The molecule has 0 aliphatic carbocycles. The molecule has 2 fully saturated rings. The minimum absolute atomic E-state index is 0.0638. The smallest absolute Gasteiger partial charge is 0.311 e. The van der Waals surface area contributed by atoms with Crippen molar-refractivity contribution in [2.24, 2.45) is 5.41 Å². The normalized spacial score (nSPS) is 21.7. The highest BCUT2D eigenvalue weighted by molar-refractivity contribution is 5.89. The molecule has 0 radical (unpaired) electrons. The first-order valence-corrected chi connectivity index (χ1v) is 8.92. The molecule has 0 saturated carbocycles. The highest BCUT2D eigenvalue weighted by Crippen LogP contribution is 2.36. The first-order chi connectivity index (χ1) is 12.5. The Morgan fingerprint density at radius 2 is 1.54 bits per heavy atom. The molecule has 1 aromatic carbocycles. The van der Waals surface area contributed by atoms with Crippen LogP contribution in [-0.2, 0) is 24.5 Å². The molecule has 2 saturated heterocycles. The molecule has 2 N–H and O–H groups in total. The van der Waals surface area contributed by atoms with Crippen LogP contribution in [0.4, 0.5) is 4.39 Å². The summed E-state index contributed by atoms with van der Waals surface area (Å²) in [6, 6.07) is 5.94. The van der Waals surface area contributed by atoms with Crippen LogP contribution in [0.15, 0.2) is 24.3 Å². The Balaban J connectivity index is 1.79. The van der Waals surface area contributed by atoms with Gasteiger partial charge in [-0.3, -0.25) is 9.59 Å². The van der Waals surface area contributed by atoms with Crippen LogP contribution in [0, 0.1) is 11.2 Å². The molecule has 142 valence electrons. The number of aliphatic carboxylic acids is 1. The van der Waals surface area contributed by atoms with Gasteiger partial charge in [0, 0.05) is 33.0 Å². The maximum absolute atomic E-state index is 13.3. The van der Waals surface area contributed by atoms with Crippen molar-refractivity contribution >= 4 is 11.9 Å². The van der Waals surface area contributed by atoms with Crippen LogP contribution in [0.5, 0.6) is 0 Å². The Morgan fingerprint density at radius 1 is 1.00 bits per heavy atom. The Bertz CT molecular complexity index is 648. The van der Waals surface area contributed by atoms with Gasteiger partial charge < -0.3 is 19.9 Å². The molecule has 7 heteroatoms. The topological polar surface area (TPSA) is 84.9 Å². The fraction of sp³-hybridized carbons (Fsp3) is 0.579. The van der Waals surface area contributed by atoms with Crippen molar-refractivity contribution in [3.8, 4) is 0 Å². The second kappa shape index (κ2) is 7.72. The predicted molar refractivity (Wildman–Crippen MR) is 91.3 cm³/mol. The molecule has 0 spiro atoms. The van der Waals surface area contributed by atoms with Gasteiger partial charge in [0.15, 0.2) is 0 Å². The molecule has 1 amide bonds. The number of halogens is 1. The van der Waals surface area contributed by atoms with E-state index in [0.29, 0.717) is 52.1 Å². The average molecular weight is 365 g/mol. The number of nitrogens with one attached hydrogen (secondary N) is 1. The molecule has 2 aliphatic heterocycles. The Kier molecular flexibility index (Phi) is 5.58. The van der Waals surface area contributed by atoms with E-state index in [-0.39, 0.29) is 18.3 Å². The summed E-state index contributed by atoms with van der Waals surface area (Å²) >= 11 is 0. The maximum atomic E-state index is 13.3. The molecule has 0 aromatic heterocycles. The molecule has 2 aliphatic rings. The molecular weight excluding hydrogens is 341 g/mol. The molecule has 0 bridgehead atoms. The first-order valence-electron chi connectivity index (χ1n) is 8.92. The monoisotopic (exact) mass is 365 g/mol. The number of benzene rings is 1. The largest absolute Gasteiger partial charge is 0.481 e. The van der Waals surface area contributed by atoms with E-state index in [1.54, 1.807) is 12.1 Å². The Morgan fingerprint density at radius 3 is 2.08 bits per heavy atom. The third kappa shape index (κ3) is 3.59. The molecular formula is C19H24FNO5. The zero-order valence-corrected chi connectivity index (χ0v) is 14.6. The lowest BCUT2D eigenvalue weighted by molar-refractivity contribution is -0.155. The fourth-order valence-electron chi connectivity index (χ4n) is 3.78. The Hall–Kier alpha value is -1.99. The standard InChI is InChI=1S/C19H24FNO5/c20-15-3-1-14(2-4-15)19(7-11-26-12-8-19)16(22)21-13-18(17(23)24)5-9-25-10-6-18/h1-4H,5-13H2,(H,21,22)(H,23,24). The summed E-state index contributed by atoms with van der Waals surface area (Å²) in [6.45, 7) is 1.68. The second-order valence-electron chi connectivity index (χ2n) is 7.08. The van der Waals surface area contributed by atoms with Crippen molar-refractivity contribution in [2.45, 2.75) is 31.1 Å².